The summed E-state index contributed by atoms with van der Waals surface area (Å²) in [7, 11) is 0. The fourth-order valence-electron chi connectivity index (χ4n) is 0.495. The van der Waals surface area contributed by atoms with Gasteiger partial charge in [-0.3, -0.25) is 8.78 Å². The van der Waals surface area contributed by atoms with E-state index in [4.69, 9.17) is 0 Å². The van der Waals surface area contributed by atoms with Crippen LogP contribution in [0.5, 0.6) is 0 Å². The summed E-state index contributed by atoms with van der Waals surface area (Å²) < 4.78 is 59.9. The Morgan fingerprint density at radius 1 is 0.714 bits per heavy atom. The average Bonchev–Trinajstić information content (AvgIpc) is 1.97. The van der Waals surface area contributed by atoms with E-state index in [1.807, 2.05) is 0 Å². The van der Waals surface area contributed by atoms with Gasteiger partial charge in [0, 0.05) is 0 Å². The first-order chi connectivity index (χ1) is 5.04. The molecular formula is C6HBrF6Mg. The number of hydrogen-bond donors (Lipinski definition) is 0. The van der Waals surface area contributed by atoms with Gasteiger partial charge in [-0.2, -0.15) is 0 Å². The van der Waals surface area contributed by atoms with Gasteiger partial charge in [-0.25, -0.2) is 13.2 Å². The van der Waals surface area contributed by atoms with Gasteiger partial charge in [0.25, 0.3) is 0 Å². The molecule has 0 atom stereocenters. The molecular weight excluding hydrogens is 290 g/mol. The smallest absolute Gasteiger partial charge is 1.00 e. The molecule has 76 valence electrons. The molecule has 1 aromatic rings. The molecule has 0 nitrogen and oxygen atoms in total. The first-order valence-electron chi connectivity index (χ1n) is 2.44. The van der Waals surface area contributed by atoms with Crippen LogP contribution in [-0.4, -0.2) is 23.1 Å². The largest absolute Gasteiger partial charge is 2.00 e. The molecule has 1 rings (SSSR count). The second-order valence-corrected chi connectivity index (χ2v) is 1.69. The van der Waals surface area contributed by atoms with Crippen LogP contribution < -0.4 is 4.70 Å². The molecule has 0 unspecified atom stereocenters. The molecule has 0 fully saturated rings. The molecule has 0 aliphatic rings. The van der Waals surface area contributed by atoms with Crippen LogP contribution in [0.4, 0.5) is 22.0 Å². The molecule has 0 aliphatic heterocycles. The Bertz CT molecular complexity index is 279. The molecule has 0 N–H and O–H groups in total. The molecule has 0 aliphatic carbocycles. The normalized spacial score (nSPS) is 8.07. The van der Waals surface area contributed by atoms with Gasteiger partial charge in [-0.15, -0.1) is 23.0 Å². The minimum Gasteiger partial charge on any atom is -1.00 e. The summed E-state index contributed by atoms with van der Waals surface area (Å²) in [6.45, 7) is 0. The molecule has 0 amide bonds. The number of rotatable bonds is 0. The van der Waals surface area contributed by atoms with Gasteiger partial charge >= 0.3 is 23.1 Å². The number of benzene rings is 1. The topological polar surface area (TPSA) is 0 Å². The Labute approximate surface area is 102 Å². The zero-order valence-corrected chi connectivity index (χ0v) is 9.51. The molecule has 0 saturated carbocycles. The van der Waals surface area contributed by atoms with Crippen molar-refractivity contribution >= 4 is 40.0 Å². The van der Waals surface area contributed by atoms with E-state index in [1.165, 1.54) is 0 Å². The summed E-state index contributed by atoms with van der Waals surface area (Å²) in [5, 5.41) is 0. The predicted octanol–water partition coefficient (Wildman–Crippen LogP) is -0.617. The van der Waals surface area contributed by atoms with Crippen molar-refractivity contribution in [2.75, 3.05) is 0 Å². The zero-order valence-electron chi connectivity index (χ0n) is 6.38. The van der Waals surface area contributed by atoms with E-state index in [9.17, 15) is 22.0 Å². The van der Waals surface area contributed by atoms with Crippen molar-refractivity contribution in [2.45, 2.75) is 0 Å². The molecule has 0 aromatic heterocycles. The molecule has 0 heterocycles. The maximum absolute atomic E-state index is 12.0. The summed E-state index contributed by atoms with van der Waals surface area (Å²) in [6.07, 6.45) is 0. The molecule has 0 saturated heterocycles. The van der Waals surface area contributed by atoms with Gasteiger partial charge in [0.2, 0.25) is 0 Å². The predicted molar refractivity (Wildman–Crippen MR) is 41.1 cm³/mol. The van der Waals surface area contributed by atoms with Crippen molar-refractivity contribution in [3.63, 3.8) is 0 Å². The monoisotopic (exact) mass is 290 g/mol. The standard InChI is InChI=1S/C6F5.BrH.FH.Mg/c7-2-1-3(8)5(10)6(11)4(2)9;;;/h;2*1H;/q-1;;;+2/p-1. The van der Waals surface area contributed by atoms with E-state index < -0.39 is 29.1 Å². The summed E-state index contributed by atoms with van der Waals surface area (Å²) in [6, 6.07) is 1.02. The third-order valence-corrected chi connectivity index (χ3v) is 0.990. The van der Waals surface area contributed by atoms with Crippen molar-refractivity contribution in [3.8, 4) is 0 Å². The Morgan fingerprint density at radius 2 is 1.00 bits per heavy atom. The van der Waals surface area contributed by atoms with E-state index in [2.05, 4.69) is 0 Å². The van der Waals surface area contributed by atoms with Crippen LogP contribution in [0.15, 0.2) is 0 Å². The van der Waals surface area contributed by atoms with Gasteiger partial charge in [0.15, 0.2) is 0 Å². The fraction of sp³-hybridized carbons (Fsp3) is 0. The van der Waals surface area contributed by atoms with Crippen LogP contribution in [0.1, 0.15) is 0 Å². The number of hydrogen-bond acceptors (Lipinski definition) is 0. The molecule has 1 aromatic carbocycles. The first-order valence-corrected chi connectivity index (χ1v) is 2.44. The van der Waals surface area contributed by atoms with Crippen LogP contribution >= 0.6 is 17.0 Å². The van der Waals surface area contributed by atoms with Crippen molar-refractivity contribution in [1.29, 1.82) is 0 Å². The first kappa shape index (κ1) is 19.6. The van der Waals surface area contributed by atoms with Gasteiger partial charge in [-0.05, 0) is 0 Å². The van der Waals surface area contributed by atoms with Crippen molar-refractivity contribution < 1.29 is 26.7 Å². The van der Waals surface area contributed by atoms with Gasteiger partial charge in [0.1, 0.15) is 0 Å². The maximum Gasteiger partial charge on any atom is 2.00 e. The molecule has 14 heavy (non-hydrogen) atoms. The van der Waals surface area contributed by atoms with Gasteiger partial charge in [0.05, 0.1) is 29.1 Å². The fourth-order valence-corrected chi connectivity index (χ4v) is 0.495. The third kappa shape index (κ3) is 3.66. The maximum atomic E-state index is 12.0. The van der Waals surface area contributed by atoms with Crippen molar-refractivity contribution in [2.24, 2.45) is 0 Å². The summed E-state index contributed by atoms with van der Waals surface area (Å²) in [4.78, 5) is 0. The van der Waals surface area contributed by atoms with E-state index >= 15 is 0 Å². The van der Waals surface area contributed by atoms with E-state index in [0.717, 1.165) is 6.07 Å². The van der Waals surface area contributed by atoms with E-state index in [1.54, 1.807) is 0 Å². The molecule has 8 heteroatoms. The minimum absolute atomic E-state index is 0. The second-order valence-electron chi connectivity index (χ2n) is 1.69. The van der Waals surface area contributed by atoms with E-state index in [0.29, 0.717) is 0 Å². The van der Waals surface area contributed by atoms with Crippen molar-refractivity contribution in [1.82, 2.24) is 0 Å². The van der Waals surface area contributed by atoms with Crippen LogP contribution in [0, 0.1) is 35.2 Å². The van der Waals surface area contributed by atoms with Crippen LogP contribution in [0.25, 0.3) is 0 Å². The molecule has 0 spiro atoms. The Balaban J connectivity index is -0.000000403. The third-order valence-electron chi connectivity index (χ3n) is 0.990. The van der Waals surface area contributed by atoms with Crippen molar-refractivity contribution in [3.05, 3.63) is 35.2 Å². The van der Waals surface area contributed by atoms with Gasteiger partial charge < -0.3 is 4.70 Å². The Morgan fingerprint density at radius 3 is 1.29 bits per heavy atom. The van der Waals surface area contributed by atoms with Crippen LogP contribution in [-0.2, 0) is 0 Å². The Kier molecular flexibility index (Phi) is 10.3. The average molecular weight is 291 g/mol. The molecule has 0 bridgehead atoms. The Hall–Kier alpha value is 0.0462. The quantitative estimate of drug-likeness (QED) is 0.197. The number of halogens is 7. The van der Waals surface area contributed by atoms with E-state index in [-0.39, 0.29) is 44.7 Å². The summed E-state index contributed by atoms with van der Waals surface area (Å²) >= 11 is 0. The molecule has 0 radical (unpaired) electrons. The second kappa shape index (κ2) is 7.35. The zero-order chi connectivity index (χ0) is 8.59. The van der Waals surface area contributed by atoms with Gasteiger partial charge in [-0.1, -0.05) is 0 Å². The minimum atomic E-state index is -2.17. The SMILES string of the molecule is Br.Fc1[c-]c(F)c(F)c(F)c1F.[F-].[Mg+2]. The van der Waals surface area contributed by atoms with Crippen LogP contribution in [0.3, 0.4) is 0 Å². The summed E-state index contributed by atoms with van der Waals surface area (Å²) in [5.74, 6) is -10.0. The summed E-state index contributed by atoms with van der Waals surface area (Å²) in [5.41, 5.74) is 0. The van der Waals surface area contributed by atoms with Crippen LogP contribution in [0.2, 0.25) is 0 Å².